The molecule has 0 saturated carbocycles. The van der Waals surface area contributed by atoms with E-state index < -0.39 is 0 Å². The molecule has 3 saturated heterocycles. The van der Waals surface area contributed by atoms with Gasteiger partial charge < -0.3 is 5.32 Å². The largest absolute Gasteiger partial charge is 0.364 e. The standard InChI is InChI=1S/C17H19N5S/c1-11-17(12-6-8-22(11)9-7-12)19-16-5-3-14(20-21-16)15-4-2-13(10-18)23-15/h2-5,11-12,17H,6-9H2,1H3,(H,19,21)/t11-,17+/m1/s1. The zero-order chi connectivity index (χ0) is 15.8. The molecule has 0 amide bonds. The van der Waals surface area contributed by atoms with Gasteiger partial charge in [-0.2, -0.15) is 5.26 Å². The summed E-state index contributed by atoms with van der Waals surface area (Å²) in [6.45, 7) is 4.77. The van der Waals surface area contributed by atoms with Crippen molar-refractivity contribution in [2.75, 3.05) is 18.4 Å². The second-order valence-corrected chi connectivity index (χ2v) is 7.45. The van der Waals surface area contributed by atoms with E-state index in [1.165, 1.54) is 37.3 Å². The molecule has 0 aliphatic carbocycles. The van der Waals surface area contributed by atoms with E-state index in [1.54, 1.807) is 0 Å². The number of aromatic nitrogens is 2. The molecule has 2 atom stereocenters. The predicted octanol–water partition coefficient (Wildman–Crippen LogP) is 2.97. The molecule has 3 aliphatic heterocycles. The monoisotopic (exact) mass is 325 g/mol. The zero-order valence-electron chi connectivity index (χ0n) is 13.1. The molecule has 2 bridgehead atoms. The number of nitriles is 1. The summed E-state index contributed by atoms with van der Waals surface area (Å²) in [5.41, 5.74) is 0.823. The highest BCUT2D eigenvalue weighted by molar-refractivity contribution is 7.15. The maximum absolute atomic E-state index is 8.91. The van der Waals surface area contributed by atoms with Crippen LogP contribution in [0.15, 0.2) is 24.3 Å². The summed E-state index contributed by atoms with van der Waals surface area (Å²) in [5.74, 6) is 1.59. The van der Waals surface area contributed by atoms with Crippen molar-refractivity contribution in [1.82, 2.24) is 15.1 Å². The Morgan fingerprint density at radius 1 is 1.22 bits per heavy atom. The molecule has 5 rings (SSSR count). The zero-order valence-corrected chi connectivity index (χ0v) is 13.9. The molecule has 118 valence electrons. The normalized spacial score (nSPS) is 29.2. The van der Waals surface area contributed by atoms with Crippen molar-refractivity contribution in [3.05, 3.63) is 29.1 Å². The summed E-state index contributed by atoms with van der Waals surface area (Å²) >= 11 is 1.45. The Morgan fingerprint density at radius 3 is 2.65 bits per heavy atom. The number of rotatable bonds is 3. The van der Waals surface area contributed by atoms with Gasteiger partial charge in [0.2, 0.25) is 0 Å². The molecule has 3 fully saturated rings. The minimum atomic E-state index is 0.463. The van der Waals surface area contributed by atoms with Gasteiger partial charge in [0, 0.05) is 12.1 Å². The Morgan fingerprint density at radius 2 is 2.04 bits per heavy atom. The van der Waals surface area contributed by atoms with Crippen molar-refractivity contribution in [3.63, 3.8) is 0 Å². The Kier molecular flexibility index (Phi) is 3.76. The fourth-order valence-electron chi connectivity index (χ4n) is 3.79. The van der Waals surface area contributed by atoms with Crippen molar-refractivity contribution in [2.24, 2.45) is 5.92 Å². The first kappa shape index (κ1) is 14.6. The lowest BCUT2D eigenvalue weighted by molar-refractivity contribution is 0.0457. The van der Waals surface area contributed by atoms with Gasteiger partial charge in [0.05, 0.1) is 4.88 Å². The van der Waals surface area contributed by atoms with E-state index in [-0.39, 0.29) is 0 Å². The van der Waals surface area contributed by atoms with Crippen LogP contribution in [-0.2, 0) is 0 Å². The van der Waals surface area contributed by atoms with Gasteiger partial charge in [-0.05, 0) is 63.0 Å². The summed E-state index contributed by atoms with van der Waals surface area (Å²) in [4.78, 5) is 4.25. The second kappa shape index (κ2) is 5.91. The molecule has 0 aromatic carbocycles. The van der Waals surface area contributed by atoms with Gasteiger partial charge in [-0.1, -0.05) is 0 Å². The van der Waals surface area contributed by atoms with E-state index in [0.717, 1.165) is 22.3 Å². The number of nitrogens with one attached hydrogen (secondary N) is 1. The molecule has 5 heterocycles. The number of thiophene rings is 1. The number of piperidine rings is 3. The third kappa shape index (κ3) is 2.71. The molecule has 2 aromatic rings. The van der Waals surface area contributed by atoms with Crippen molar-refractivity contribution >= 4 is 17.2 Å². The van der Waals surface area contributed by atoms with Gasteiger partial charge in [0.15, 0.2) is 0 Å². The first-order valence-corrected chi connectivity index (χ1v) is 8.91. The lowest BCUT2D eigenvalue weighted by atomic mass is 9.79. The smallest absolute Gasteiger partial charge is 0.148 e. The molecule has 3 aliphatic rings. The molecule has 6 heteroatoms. The van der Waals surface area contributed by atoms with Crippen LogP contribution in [0.5, 0.6) is 0 Å². The van der Waals surface area contributed by atoms with Gasteiger partial charge in [0.25, 0.3) is 0 Å². The van der Waals surface area contributed by atoms with Crippen LogP contribution in [-0.4, -0.2) is 40.3 Å². The van der Waals surface area contributed by atoms with Gasteiger partial charge in [-0.3, -0.25) is 4.90 Å². The van der Waals surface area contributed by atoms with Crippen LogP contribution < -0.4 is 5.32 Å². The van der Waals surface area contributed by atoms with Gasteiger partial charge >= 0.3 is 0 Å². The third-order valence-corrected chi connectivity index (χ3v) is 6.14. The quantitative estimate of drug-likeness (QED) is 0.940. The average Bonchev–Trinajstić information content (AvgIpc) is 3.08. The summed E-state index contributed by atoms with van der Waals surface area (Å²) in [6.07, 6.45) is 2.55. The summed E-state index contributed by atoms with van der Waals surface area (Å²) < 4.78 is 0. The van der Waals surface area contributed by atoms with E-state index in [0.29, 0.717) is 17.0 Å². The first-order valence-electron chi connectivity index (χ1n) is 8.09. The van der Waals surface area contributed by atoms with Crippen molar-refractivity contribution in [3.8, 4) is 16.6 Å². The van der Waals surface area contributed by atoms with Gasteiger partial charge in [-0.25, -0.2) is 0 Å². The van der Waals surface area contributed by atoms with E-state index in [4.69, 9.17) is 5.26 Å². The van der Waals surface area contributed by atoms with E-state index >= 15 is 0 Å². The third-order valence-electron chi connectivity index (χ3n) is 5.13. The fourth-order valence-corrected chi connectivity index (χ4v) is 4.56. The first-order chi connectivity index (χ1) is 11.2. The number of hydrogen-bond donors (Lipinski definition) is 1. The summed E-state index contributed by atoms with van der Waals surface area (Å²) in [6, 6.07) is 10.9. The van der Waals surface area contributed by atoms with Crippen LogP contribution in [0.3, 0.4) is 0 Å². The van der Waals surface area contributed by atoms with Crippen LogP contribution in [0.2, 0.25) is 0 Å². The number of hydrogen-bond acceptors (Lipinski definition) is 6. The Balaban J connectivity index is 1.49. The molecule has 0 radical (unpaired) electrons. The minimum absolute atomic E-state index is 0.463. The Bertz CT molecular complexity index is 722. The van der Waals surface area contributed by atoms with Crippen molar-refractivity contribution in [1.29, 1.82) is 5.26 Å². The number of anilines is 1. The minimum Gasteiger partial charge on any atom is -0.364 e. The summed E-state index contributed by atoms with van der Waals surface area (Å²) in [5, 5.41) is 21.2. The van der Waals surface area contributed by atoms with Gasteiger partial charge in [-0.15, -0.1) is 21.5 Å². The fraction of sp³-hybridized carbons (Fsp3) is 0.471. The lowest BCUT2D eigenvalue weighted by Gasteiger charge is -2.50. The maximum Gasteiger partial charge on any atom is 0.148 e. The molecule has 0 spiro atoms. The highest BCUT2D eigenvalue weighted by Crippen LogP contribution is 2.34. The van der Waals surface area contributed by atoms with E-state index in [2.05, 4.69) is 33.4 Å². The van der Waals surface area contributed by atoms with Crippen LogP contribution in [0.1, 0.15) is 24.6 Å². The van der Waals surface area contributed by atoms with Crippen molar-refractivity contribution < 1.29 is 0 Å². The van der Waals surface area contributed by atoms with Crippen LogP contribution in [0.25, 0.3) is 10.6 Å². The molecule has 0 unspecified atom stereocenters. The van der Waals surface area contributed by atoms with E-state index in [9.17, 15) is 0 Å². The Labute approximate surface area is 140 Å². The maximum atomic E-state index is 8.91. The predicted molar refractivity (Wildman–Crippen MR) is 91.2 cm³/mol. The van der Waals surface area contributed by atoms with Crippen LogP contribution in [0.4, 0.5) is 5.82 Å². The molecule has 2 aromatic heterocycles. The molecule has 5 nitrogen and oxygen atoms in total. The highest BCUT2D eigenvalue weighted by Gasteiger charge is 2.39. The topological polar surface area (TPSA) is 64.8 Å². The number of nitrogens with zero attached hydrogens (tertiary/aromatic N) is 4. The van der Waals surface area contributed by atoms with Crippen LogP contribution >= 0.6 is 11.3 Å². The van der Waals surface area contributed by atoms with Crippen molar-refractivity contribution in [2.45, 2.75) is 31.8 Å². The molecule has 1 N–H and O–H groups in total. The van der Waals surface area contributed by atoms with E-state index in [1.807, 2.05) is 24.3 Å². The SMILES string of the molecule is C[C@@H]1[C@H](Nc2ccc(-c3ccc(C#N)s3)nn2)C2CCN1CC2. The lowest BCUT2D eigenvalue weighted by Crippen LogP contribution is -2.59. The second-order valence-electron chi connectivity index (χ2n) is 6.36. The van der Waals surface area contributed by atoms with Crippen LogP contribution in [0, 0.1) is 17.2 Å². The number of fused-ring (bicyclic) bond motifs is 3. The molecule has 23 heavy (non-hydrogen) atoms. The summed E-state index contributed by atoms with van der Waals surface area (Å²) in [7, 11) is 0. The molecular formula is C17H19N5S. The Hall–Kier alpha value is -1.97. The van der Waals surface area contributed by atoms with Gasteiger partial charge in [0.1, 0.15) is 22.5 Å². The average molecular weight is 325 g/mol. The highest BCUT2D eigenvalue weighted by atomic mass is 32.1. The molecular weight excluding hydrogens is 306 g/mol.